The van der Waals surface area contributed by atoms with Gasteiger partial charge in [-0.15, -0.1) is 0 Å². The number of hydrogen-bond donors (Lipinski definition) is 9. The molecule has 76 heavy (non-hydrogen) atoms. The van der Waals surface area contributed by atoms with Crippen LogP contribution in [0.25, 0.3) is 33.5 Å². The highest BCUT2D eigenvalue weighted by molar-refractivity contribution is 7.65. The average molecular weight is 1160 g/mol. The number of anilines is 3. The van der Waals surface area contributed by atoms with Gasteiger partial charge in [0.2, 0.25) is 17.7 Å². The summed E-state index contributed by atoms with van der Waals surface area (Å²) in [6, 6.07) is 0. The van der Waals surface area contributed by atoms with E-state index in [9.17, 15) is 67.8 Å². The molecule has 7 unspecified atom stereocenters. The van der Waals surface area contributed by atoms with Gasteiger partial charge in [0.15, 0.2) is 41.4 Å². The lowest BCUT2D eigenvalue weighted by atomic mass is 10.1. The molecule has 9 heterocycles. The van der Waals surface area contributed by atoms with Crippen LogP contribution in [0.2, 0.25) is 0 Å². The predicted molar refractivity (Wildman–Crippen MR) is 235 cm³/mol. The molecule has 6 aromatic heterocycles. The Hall–Kier alpha value is -5.15. The van der Waals surface area contributed by atoms with Crippen LogP contribution in [0.15, 0.2) is 34.9 Å². The van der Waals surface area contributed by atoms with Crippen LogP contribution in [0, 0.1) is 0 Å². The van der Waals surface area contributed by atoms with Gasteiger partial charge in [-0.05, 0) is 0 Å². The first-order valence-corrected chi connectivity index (χ1v) is 27.4. The van der Waals surface area contributed by atoms with Gasteiger partial charge in [0.1, 0.15) is 66.8 Å². The zero-order valence-corrected chi connectivity index (χ0v) is 42.3. The number of methoxy groups -OCH3 is 1. The van der Waals surface area contributed by atoms with Crippen LogP contribution >= 0.6 is 31.3 Å². The molecule has 11 N–H and O–H groups in total. The lowest BCUT2D eigenvalue weighted by molar-refractivity contribution is -0.745. The maximum absolute atomic E-state index is 13.6. The van der Waals surface area contributed by atoms with Gasteiger partial charge in [-0.1, -0.05) is 4.98 Å². The summed E-state index contributed by atoms with van der Waals surface area (Å²) in [6.45, 7) is -3.71. The van der Waals surface area contributed by atoms with Crippen molar-refractivity contribution in [2.75, 3.05) is 50.8 Å². The molecule has 0 spiro atoms. The number of aryl methyl sites for hydroxylation is 1. The van der Waals surface area contributed by atoms with Crippen LogP contribution in [0.5, 0.6) is 0 Å². The fourth-order valence-electron chi connectivity index (χ4n) is 8.42. The zero-order valence-electron chi connectivity index (χ0n) is 38.7. The van der Waals surface area contributed by atoms with Crippen molar-refractivity contribution < 1.29 is 108 Å². The Morgan fingerprint density at radius 3 is 1.93 bits per heavy atom. The number of rotatable bonds is 20. The molecular weight excluding hydrogens is 1110 g/mol. The highest BCUT2D eigenvalue weighted by Crippen LogP contribution is 2.63. The average Bonchev–Trinajstić information content (AvgIpc) is 4.19. The van der Waals surface area contributed by atoms with Crippen molar-refractivity contribution in [3.8, 4) is 0 Å². The third kappa shape index (κ3) is 11.0. The number of phosphoric ester groups is 3. The van der Waals surface area contributed by atoms with Crippen molar-refractivity contribution in [3.05, 3.63) is 46.0 Å². The maximum Gasteiger partial charge on any atom is 0.313 e. The highest BCUT2D eigenvalue weighted by Gasteiger charge is 2.51. The van der Waals surface area contributed by atoms with Gasteiger partial charge >= 0.3 is 5.65 Å². The van der Waals surface area contributed by atoms with Crippen LogP contribution in [-0.4, -0.2) is 163 Å². The quantitative estimate of drug-likeness (QED) is 0.0253. The molecule has 416 valence electrons. The van der Waals surface area contributed by atoms with Gasteiger partial charge in [0.05, 0.1) is 39.5 Å². The number of aromatic amines is 2. The number of ether oxygens (including phenoxy) is 4. The Bertz CT molecular complexity index is 3490. The van der Waals surface area contributed by atoms with Crippen LogP contribution in [0.4, 0.5) is 17.7 Å². The van der Waals surface area contributed by atoms with E-state index < -0.39 is 136 Å². The smallest absolute Gasteiger partial charge is 0.313 e. The molecule has 0 saturated carbocycles. The monoisotopic (exact) mass is 1160 g/mol. The number of aliphatic hydroxyl groups is 4. The lowest BCUT2D eigenvalue weighted by Crippen LogP contribution is -2.46. The molecule has 0 aromatic carbocycles. The number of phosphoric acid groups is 4. The second-order valence-electron chi connectivity index (χ2n) is 16.6. The molecule has 3 fully saturated rings. The minimum Gasteiger partial charge on any atom is -0.756 e. The van der Waals surface area contributed by atoms with Crippen molar-refractivity contribution in [2.45, 2.75) is 73.6 Å². The Kier molecular flexibility index (Phi) is 15.3. The zero-order chi connectivity index (χ0) is 55.0. The van der Waals surface area contributed by atoms with Gasteiger partial charge in [0, 0.05) is 14.2 Å². The summed E-state index contributed by atoms with van der Waals surface area (Å²) >= 11 is 0. The Morgan fingerprint density at radius 2 is 1.28 bits per heavy atom. The Balaban J connectivity index is 0.868. The lowest BCUT2D eigenvalue weighted by Gasteiger charge is -2.35. The fourth-order valence-corrected chi connectivity index (χ4v) is 12.8. The molecule has 43 heteroatoms. The van der Waals surface area contributed by atoms with Crippen molar-refractivity contribution in [3.63, 3.8) is 0 Å². The van der Waals surface area contributed by atoms with E-state index in [1.807, 2.05) is 0 Å². The number of nitrogens with two attached hydrogens (primary N) is 2. The van der Waals surface area contributed by atoms with E-state index in [1.54, 1.807) is 0 Å². The number of aromatic nitrogens is 12. The van der Waals surface area contributed by atoms with E-state index in [0.717, 1.165) is 35.2 Å². The number of H-pyrrole nitrogens is 2. The fraction of sp³-hybridized carbons (Fsp3) is 0.545. The standard InChI is InChI=1S/C33H45N15O24P4/c1-36-23-14-24(38-7-37-23)46(8-39-14)31-22(63-3)21(70-73(55,56)64-4-11-17(49)19(51)29(67-11)47-9-40-15-25(47)41-32(34)43-27(15)53)13(69-31)6-66-75(59,60)72-76(61,62)71-74(57,58)65-5-12-18(50)20(52)30(68-12)48-10-45(2)16-26(48)42-33(35)44-28(16)54/h7-13,17-22,29-31,49-52H,4-6H2,1-3H3,(H10-,34,35,36,37,38,41,42,43,44,53,54,55,56,57,58,59,60,61,62)/p-3/t11-,12-,13-,17?,18?,19+,20+,21+,22?,29-,30-,31-/m1/s1. The molecular formula is C33H42N15O24P4-3. The van der Waals surface area contributed by atoms with E-state index in [1.165, 1.54) is 29.6 Å². The molecule has 0 amide bonds. The summed E-state index contributed by atoms with van der Waals surface area (Å²) in [7, 11) is -20.8. The molecule has 6 aromatic rings. The summed E-state index contributed by atoms with van der Waals surface area (Å²) in [5.41, 5.74) is 9.49. The Morgan fingerprint density at radius 1 is 0.711 bits per heavy atom. The third-order valence-electron chi connectivity index (χ3n) is 11.7. The number of hydrogen-bond acceptors (Lipinski definition) is 33. The molecule has 16 atom stereocenters. The van der Waals surface area contributed by atoms with E-state index in [-0.39, 0.29) is 51.2 Å². The second kappa shape index (κ2) is 20.9. The van der Waals surface area contributed by atoms with E-state index in [0.29, 0.717) is 0 Å². The van der Waals surface area contributed by atoms with Gasteiger partial charge in [-0.25, -0.2) is 33.1 Å². The first-order valence-electron chi connectivity index (χ1n) is 21.5. The minimum absolute atomic E-state index is 0.0443. The number of aliphatic hydroxyl groups excluding tert-OH is 4. The number of nitrogen functional groups attached to an aromatic ring is 2. The minimum atomic E-state index is -6.59. The molecule has 0 bridgehead atoms. The summed E-state index contributed by atoms with van der Waals surface area (Å²) in [5, 5.41) is 45.9. The summed E-state index contributed by atoms with van der Waals surface area (Å²) in [5.74, 6) is -0.439. The van der Waals surface area contributed by atoms with E-state index in [4.69, 9.17) is 44.0 Å². The molecule has 0 radical (unpaired) electrons. The van der Waals surface area contributed by atoms with Crippen molar-refractivity contribution in [1.29, 1.82) is 0 Å². The molecule has 39 nitrogen and oxygen atoms in total. The molecule has 3 aliphatic rings. The summed E-state index contributed by atoms with van der Waals surface area (Å²) in [4.78, 5) is 106. The highest BCUT2D eigenvalue weighted by atomic mass is 31.3. The maximum atomic E-state index is 13.6. The van der Waals surface area contributed by atoms with E-state index >= 15 is 0 Å². The summed E-state index contributed by atoms with van der Waals surface area (Å²) in [6.07, 6.45) is -16.4. The number of nitrogens with one attached hydrogen (secondary N) is 3. The number of nitrogens with zero attached hydrogens (tertiary/aromatic N) is 10. The van der Waals surface area contributed by atoms with Crippen LogP contribution < -0.4 is 52.0 Å². The third-order valence-corrected chi connectivity index (χ3v) is 16.8. The normalized spacial score (nSPS) is 30.2. The number of imidazole rings is 3. The predicted octanol–water partition coefficient (Wildman–Crippen LogP) is -6.78. The van der Waals surface area contributed by atoms with Crippen molar-refractivity contribution >= 4 is 82.5 Å². The second-order valence-corrected chi connectivity index (χ2v) is 22.5. The topological polar surface area (TPSA) is 560 Å². The Labute approximate surface area is 421 Å². The first kappa shape index (κ1) is 55.6. The largest absolute Gasteiger partial charge is 0.756 e. The van der Waals surface area contributed by atoms with Gasteiger partial charge in [-0.3, -0.25) is 51.5 Å². The summed E-state index contributed by atoms with van der Waals surface area (Å²) < 4.78 is 107. The van der Waals surface area contributed by atoms with Crippen LogP contribution in [0.3, 0.4) is 0 Å². The van der Waals surface area contributed by atoms with E-state index in [2.05, 4.69) is 58.3 Å². The molecule has 3 saturated heterocycles. The van der Waals surface area contributed by atoms with Gasteiger partial charge in [0.25, 0.3) is 48.4 Å². The van der Waals surface area contributed by atoms with Gasteiger partial charge < -0.3 is 93.8 Å². The van der Waals surface area contributed by atoms with Crippen LogP contribution in [-0.2, 0) is 71.0 Å². The van der Waals surface area contributed by atoms with Crippen LogP contribution in [0.1, 0.15) is 18.7 Å². The van der Waals surface area contributed by atoms with Crippen molar-refractivity contribution in [2.24, 2.45) is 7.05 Å². The van der Waals surface area contributed by atoms with Crippen molar-refractivity contribution in [1.82, 2.24) is 53.6 Å². The first-order chi connectivity index (χ1) is 35.7. The SMILES string of the molecule is CNc1ncnc2c1ncn2[C@@H]1O[C@H](COP(=O)([O-])OP(=O)([O-])OP(=O)([O-])OC[C@H]2O[C@@H]([n+]3cn(C)c4c(=O)[nH]c(N)nc43)[C@@H](O)C2O)[C@H](OP(=O)([O-])OC[C@H]2O[C@@H](n3cnc4c(=O)[nH]c(N)nc43)[C@@H](O)C2O)C1OC. The number of fused-ring (bicyclic) bond motifs is 3. The molecule has 3 aliphatic heterocycles. The molecule has 9 rings (SSSR count). The molecule has 0 aliphatic carbocycles. The van der Waals surface area contributed by atoms with Gasteiger partial charge in [-0.2, -0.15) is 4.98 Å².